The minimum absolute atomic E-state index is 0.398. The zero-order valence-corrected chi connectivity index (χ0v) is 4.18. The van der Waals surface area contributed by atoms with Crippen LogP contribution in [0.1, 0.15) is 0 Å². The normalized spacial score (nSPS) is 7.57. The van der Waals surface area contributed by atoms with E-state index in [-0.39, 0.29) is 0 Å². The van der Waals surface area contributed by atoms with Crippen LogP contribution in [0, 0.1) is 0 Å². The number of hydrogen-bond acceptors (Lipinski definition) is 3. The van der Waals surface area contributed by atoms with E-state index >= 15 is 0 Å². The van der Waals surface area contributed by atoms with Gasteiger partial charge in [-0.05, 0) is 0 Å². The van der Waals surface area contributed by atoms with Gasteiger partial charge < -0.3 is 5.11 Å². The van der Waals surface area contributed by atoms with Crippen LogP contribution in [0.15, 0.2) is 0 Å². The molecule has 0 aromatic carbocycles. The van der Waals surface area contributed by atoms with Crippen LogP contribution in [-0.4, -0.2) is 21.7 Å². The zero-order valence-electron chi connectivity index (χ0n) is 3.37. The highest BCUT2D eigenvalue weighted by atomic mass is 32.1. The van der Waals surface area contributed by atoms with E-state index in [4.69, 9.17) is 5.11 Å². The van der Waals surface area contributed by atoms with Gasteiger partial charge in [-0.15, -0.1) is 0 Å². The number of hydrazine groups is 1. The smallest absolute Gasteiger partial charge is 0.426 e. The van der Waals surface area contributed by atoms with Gasteiger partial charge in [0.25, 0.3) is 0 Å². The molecule has 7 heavy (non-hydrogen) atoms. The molecular weight excluding hydrogens is 116 g/mol. The van der Waals surface area contributed by atoms with Crippen LogP contribution in [0.2, 0.25) is 0 Å². The predicted octanol–water partition coefficient (Wildman–Crippen LogP) is -0.203. The number of thiocarbonyl (C=S) groups is 1. The van der Waals surface area contributed by atoms with E-state index in [1.807, 2.05) is 0 Å². The number of nitrogens with zero attached hydrogens (tertiary/aromatic N) is 1. The fourth-order valence-electron chi connectivity index (χ4n) is 0.0451. The third-order valence-corrected chi connectivity index (χ3v) is 0.562. The molecule has 0 bridgehead atoms. The largest absolute Gasteiger partial charge is 0.464 e. The van der Waals surface area contributed by atoms with Crippen LogP contribution in [-0.2, 0) is 0 Å². The second-order valence-corrected chi connectivity index (χ2v) is 1.01. The molecule has 0 saturated heterocycles. The second kappa shape index (κ2) is 2.49. The van der Waals surface area contributed by atoms with Crippen molar-refractivity contribution >= 4 is 23.8 Å². The summed E-state index contributed by atoms with van der Waals surface area (Å²) in [5, 5.41) is 8.28. The Bertz CT molecular complexity index is 93.7. The Hall–Kier alpha value is -0.680. The van der Waals surface area contributed by atoms with Gasteiger partial charge in [0, 0.05) is 0 Å². The SMILES string of the molecule is NN(C=S)C(=O)O. The van der Waals surface area contributed by atoms with E-state index < -0.39 is 6.09 Å². The Morgan fingerprint density at radius 1 is 2.00 bits per heavy atom. The maximum atomic E-state index is 9.63. The summed E-state index contributed by atoms with van der Waals surface area (Å²) in [4.78, 5) is 9.63. The van der Waals surface area contributed by atoms with Crippen molar-refractivity contribution in [3.63, 3.8) is 0 Å². The van der Waals surface area contributed by atoms with E-state index in [2.05, 4.69) is 18.1 Å². The molecule has 0 aliphatic heterocycles. The first kappa shape index (κ1) is 6.32. The second-order valence-electron chi connectivity index (χ2n) is 0.795. The lowest BCUT2D eigenvalue weighted by atomic mass is 11.1. The third kappa shape index (κ3) is 2.07. The van der Waals surface area contributed by atoms with Crippen LogP contribution in [0.5, 0.6) is 0 Å². The van der Waals surface area contributed by atoms with E-state index in [1.54, 1.807) is 0 Å². The van der Waals surface area contributed by atoms with Crippen molar-refractivity contribution in [2.24, 2.45) is 5.84 Å². The molecule has 0 aliphatic rings. The molecule has 0 atom stereocenters. The summed E-state index contributed by atoms with van der Waals surface area (Å²) >= 11 is 4.15. The van der Waals surface area contributed by atoms with Crippen molar-refractivity contribution in [1.29, 1.82) is 0 Å². The van der Waals surface area contributed by atoms with Gasteiger partial charge in [0.1, 0.15) is 0 Å². The average Bonchev–Trinajstić information content (AvgIpc) is 1.65. The molecule has 0 aromatic heterocycles. The van der Waals surface area contributed by atoms with Crippen LogP contribution < -0.4 is 5.84 Å². The van der Waals surface area contributed by atoms with E-state index in [1.165, 1.54) is 0 Å². The first-order valence-electron chi connectivity index (χ1n) is 1.40. The maximum Gasteiger partial charge on any atom is 0.426 e. The number of nitrogens with two attached hydrogens (primary N) is 1. The summed E-state index contributed by atoms with van der Waals surface area (Å²) in [6.45, 7) is 0. The molecule has 0 aliphatic carbocycles. The number of carbonyl (C=O) groups is 1. The number of amides is 1. The Morgan fingerprint density at radius 2 is 2.43 bits per heavy atom. The summed E-state index contributed by atoms with van der Waals surface area (Å²) in [5.74, 6) is 4.69. The first-order valence-corrected chi connectivity index (χ1v) is 1.87. The zero-order chi connectivity index (χ0) is 5.86. The predicted molar refractivity (Wildman–Crippen MR) is 27.7 cm³/mol. The van der Waals surface area contributed by atoms with Crippen LogP contribution in [0.4, 0.5) is 4.79 Å². The fraction of sp³-hybridized carbons (Fsp3) is 0. The van der Waals surface area contributed by atoms with E-state index in [0.29, 0.717) is 5.01 Å². The summed E-state index contributed by atoms with van der Waals surface area (Å²) in [7, 11) is 0. The molecule has 3 N–H and O–H groups in total. The maximum absolute atomic E-state index is 9.63. The minimum Gasteiger partial charge on any atom is -0.464 e. The molecule has 0 rings (SSSR count). The monoisotopic (exact) mass is 120 g/mol. The molecule has 0 spiro atoms. The Kier molecular flexibility index (Phi) is 2.24. The quantitative estimate of drug-likeness (QED) is 0.217. The van der Waals surface area contributed by atoms with Gasteiger partial charge in [-0.3, -0.25) is 0 Å². The molecular formula is C2H4N2O2S. The van der Waals surface area contributed by atoms with Gasteiger partial charge in [-0.1, -0.05) is 12.2 Å². The van der Waals surface area contributed by atoms with Gasteiger partial charge >= 0.3 is 6.09 Å². The van der Waals surface area contributed by atoms with Crippen molar-refractivity contribution in [2.45, 2.75) is 0 Å². The molecule has 0 aromatic rings. The van der Waals surface area contributed by atoms with Crippen LogP contribution in [0.3, 0.4) is 0 Å². The highest BCUT2D eigenvalue weighted by molar-refractivity contribution is 7.78. The van der Waals surface area contributed by atoms with Crippen molar-refractivity contribution in [1.82, 2.24) is 5.01 Å². The lowest BCUT2D eigenvalue weighted by Crippen LogP contribution is -2.33. The molecule has 4 nitrogen and oxygen atoms in total. The minimum atomic E-state index is -1.25. The fourth-order valence-corrected chi connectivity index (χ4v) is 0.135. The van der Waals surface area contributed by atoms with Gasteiger partial charge in [0.05, 0.1) is 5.49 Å². The van der Waals surface area contributed by atoms with Gasteiger partial charge in [0.15, 0.2) is 0 Å². The topological polar surface area (TPSA) is 66.6 Å². The highest BCUT2D eigenvalue weighted by Crippen LogP contribution is 1.69. The van der Waals surface area contributed by atoms with Crippen LogP contribution >= 0.6 is 12.2 Å². The Balaban J connectivity index is 3.55. The van der Waals surface area contributed by atoms with Crippen LogP contribution in [0.25, 0.3) is 0 Å². The summed E-state index contributed by atoms with van der Waals surface area (Å²) in [5.41, 5.74) is 0.836. The molecule has 1 amide bonds. The number of hydrogen-bond donors (Lipinski definition) is 2. The third-order valence-electron chi connectivity index (χ3n) is 0.334. The standard InChI is InChI=1S/C2H4N2O2S/c3-4(1-7)2(5)6/h1H,3H2,(H,5,6). The van der Waals surface area contributed by atoms with Crippen molar-refractivity contribution < 1.29 is 9.90 Å². The molecule has 0 saturated carbocycles. The first-order chi connectivity index (χ1) is 3.18. The van der Waals surface area contributed by atoms with Crippen molar-refractivity contribution in [2.75, 3.05) is 0 Å². The lowest BCUT2D eigenvalue weighted by molar-refractivity contribution is 0.171. The molecule has 40 valence electrons. The molecule has 0 heterocycles. The Morgan fingerprint density at radius 3 is 2.43 bits per heavy atom. The highest BCUT2D eigenvalue weighted by Gasteiger charge is 1.97. The van der Waals surface area contributed by atoms with Gasteiger partial charge in [-0.2, -0.15) is 0 Å². The van der Waals surface area contributed by atoms with E-state index in [9.17, 15) is 4.79 Å². The Labute approximate surface area is 45.5 Å². The number of carboxylic acid groups (broad SMARTS) is 1. The van der Waals surface area contributed by atoms with Gasteiger partial charge in [0.2, 0.25) is 0 Å². The number of rotatable bonds is 1. The molecule has 0 fully saturated rings. The van der Waals surface area contributed by atoms with E-state index in [0.717, 1.165) is 5.49 Å². The molecule has 5 heteroatoms. The average molecular weight is 120 g/mol. The molecule has 0 radical (unpaired) electrons. The summed E-state index contributed by atoms with van der Waals surface area (Å²) < 4.78 is 0. The lowest BCUT2D eigenvalue weighted by Gasteiger charge is -2.00. The molecule has 0 unspecified atom stereocenters. The summed E-state index contributed by atoms with van der Waals surface area (Å²) in [6, 6.07) is 0. The van der Waals surface area contributed by atoms with Crippen molar-refractivity contribution in [3.8, 4) is 0 Å². The van der Waals surface area contributed by atoms with Crippen molar-refractivity contribution in [3.05, 3.63) is 0 Å². The van der Waals surface area contributed by atoms with Gasteiger partial charge in [-0.25, -0.2) is 15.6 Å². The summed E-state index contributed by atoms with van der Waals surface area (Å²) in [6.07, 6.45) is -1.25.